The summed E-state index contributed by atoms with van der Waals surface area (Å²) in [6.07, 6.45) is 7.15. The van der Waals surface area contributed by atoms with Crippen molar-refractivity contribution in [2.45, 2.75) is 71.0 Å². The monoisotopic (exact) mass is 293 g/mol. The fourth-order valence-electron chi connectivity index (χ4n) is 4.90. The average molecular weight is 293 g/mol. The molecular weight excluding hydrogens is 258 g/mol. The molecule has 0 aromatic rings. The Morgan fingerprint density at radius 1 is 0.952 bits per heavy atom. The maximum Gasteiger partial charge on any atom is 0.0169 e. The maximum atomic E-state index is 4.04. The van der Waals surface area contributed by atoms with Gasteiger partial charge in [-0.15, -0.1) is 0 Å². The van der Waals surface area contributed by atoms with Gasteiger partial charge in [-0.25, -0.2) is 0 Å². The summed E-state index contributed by atoms with van der Waals surface area (Å²) in [6.45, 7) is 13.7. The first-order chi connectivity index (χ1) is 10.1. The Labute approximate surface area is 131 Å². The molecule has 1 aliphatic carbocycles. The van der Waals surface area contributed by atoms with E-state index >= 15 is 0 Å². The number of fused-ring (bicyclic) bond motifs is 2. The third kappa shape index (κ3) is 3.80. The Kier molecular flexibility index (Phi) is 5.23. The molecule has 3 rings (SSSR count). The molecule has 3 heteroatoms. The summed E-state index contributed by atoms with van der Waals surface area (Å²) >= 11 is 0. The Balaban J connectivity index is 1.54. The minimum atomic E-state index is 0.654. The molecule has 122 valence electrons. The van der Waals surface area contributed by atoms with E-state index in [4.69, 9.17) is 0 Å². The third-order valence-electron chi connectivity index (χ3n) is 6.04. The summed E-state index contributed by atoms with van der Waals surface area (Å²) in [7, 11) is 0. The van der Waals surface area contributed by atoms with E-state index in [1.54, 1.807) is 0 Å². The molecule has 3 unspecified atom stereocenters. The maximum absolute atomic E-state index is 4.04. The van der Waals surface area contributed by atoms with Crippen LogP contribution in [0, 0.1) is 11.8 Å². The Hall–Kier alpha value is -0.120. The van der Waals surface area contributed by atoms with Crippen LogP contribution in [-0.2, 0) is 0 Å². The van der Waals surface area contributed by atoms with Crippen LogP contribution in [0.15, 0.2) is 0 Å². The van der Waals surface area contributed by atoms with Crippen LogP contribution >= 0.6 is 0 Å². The fraction of sp³-hybridized carbons (Fsp3) is 1.00. The minimum Gasteiger partial charge on any atom is -0.310 e. The molecule has 0 radical (unpaired) electrons. The zero-order valence-corrected chi connectivity index (χ0v) is 14.4. The smallest absolute Gasteiger partial charge is 0.0169 e. The lowest BCUT2D eigenvalue weighted by molar-refractivity contribution is 0.0242. The molecule has 0 aromatic carbocycles. The van der Waals surface area contributed by atoms with Crippen molar-refractivity contribution in [3.8, 4) is 0 Å². The topological polar surface area (TPSA) is 18.5 Å². The number of nitrogens with zero attached hydrogens (tertiary/aromatic N) is 2. The van der Waals surface area contributed by atoms with E-state index in [0.717, 1.165) is 23.9 Å². The molecule has 1 saturated carbocycles. The second-order valence-corrected chi connectivity index (χ2v) is 8.10. The largest absolute Gasteiger partial charge is 0.310 e. The summed E-state index contributed by atoms with van der Waals surface area (Å²) in [6, 6.07) is 2.16. The van der Waals surface area contributed by atoms with Crippen LogP contribution in [0.4, 0.5) is 0 Å². The number of nitrogens with one attached hydrogen (secondary N) is 1. The van der Waals surface area contributed by atoms with Crippen LogP contribution in [0.25, 0.3) is 0 Å². The van der Waals surface area contributed by atoms with Crippen LogP contribution in [0.2, 0.25) is 0 Å². The molecule has 3 aliphatic rings. The van der Waals surface area contributed by atoms with E-state index in [1.165, 1.54) is 64.8 Å². The van der Waals surface area contributed by atoms with E-state index in [2.05, 4.69) is 35.9 Å². The fourth-order valence-corrected chi connectivity index (χ4v) is 4.90. The van der Waals surface area contributed by atoms with E-state index in [9.17, 15) is 0 Å². The van der Waals surface area contributed by atoms with Crippen LogP contribution < -0.4 is 5.32 Å². The number of likely N-dealkylation sites (tertiary alicyclic amines) is 2. The summed E-state index contributed by atoms with van der Waals surface area (Å²) in [5.74, 6) is 1.78. The highest BCUT2D eigenvalue weighted by molar-refractivity contribution is 4.96. The molecule has 0 spiro atoms. The summed E-state index contributed by atoms with van der Waals surface area (Å²) in [5, 5.41) is 4.04. The highest BCUT2D eigenvalue weighted by Crippen LogP contribution is 2.35. The molecule has 2 saturated heterocycles. The molecule has 2 bridgehead atoms. The van der Waals surface area contributed by atoms with Gasteiger partial charge in [0.2, 0.25) is 0 Å². The molecule has 2 aliphatic heterocycles. The lowest BCUT2D eigenvalue weighted by Crippen LogP contribution is -2.60. The number of rotatable bonds is 5. The molecule has 21 heavy (non-hydrogen) atoms. The normalized spacial score (nSPS) is 36.3. The summed E-state index contributed by atoms with van der Waals surface area (Å²) < 4.78 is 0. The van der Waals surface area contributed by atoms with Crippen LogP contribution in [0.1, 0.15) is 52.9 Å². The SMILES string of the molecule is CC(CN1CCCC1)NC1C2CCCC1CN(C(C)C)C2. The zero-order valence-electron chi connectivity index (χ0n) is 14.4. The lowest BCUT2D eigenvalue weighted by atomic mass is 9.73. The van der Waals surface area contributed by atoms with Crippen molar-refractivity contribution in [2.75, 3.05) is 32.7 Å². The minimum absolute atomic E-state index is 0.654. The Bertz CT molecular complexity index is 310. The average Bonchev–Trinajstić information content (AvgIpc) is 2.90. The van der Waals surface area contributed by atoms with Gasteiger partial charge in [0.1, 0.15) is 0 Å². The second kappa shape index (κ2) is 6.97. The summed E-state index contributed by atoms with van der Waals surface area (Å²) in [4.78, 5) is 5.37. The van der Waals surface area contributed by atoms with Crippen molar-refractivity contribution in [3.63, 3.8) is 0 Å². The van der Waals surface area contributed by atoms with Crippen molar-refractivity contribution >= 4 is 0 Å². The molecule has 3 fully saturated rings. The molecule has 1 N–H and O–H groups in total. The molecule has 3 atom stereocenters. The molecule has 0 amide bonds. The van der Waals surface area contributed by atoms with Crippen LogP contribution in [0.3, 0.4) is 0 Å². The first-order valence-electron chi connectivity index (χ1n) is 9.36. The first-order valence-corrected chi connectivity index (χ1v) is 9.36. The van der Waals surface area contributed by atoms with E-state index in [1.807, 2.05) is 0 Å². The van der Waals surface area contributed by atoms with Gasteiger partial charge in [-0.2, -0.15) is 0 Å². The molecular formula is C18H35N3. The van der Waals surface area contributed by atoms with Gasteiger partial charge >= 0.3 is 0 Å². The predicted octanol–water partition coefficient (Wildman–Crippen LogP) is 2.57. The van der Waals surface area contributed by atoms with Crippen molar-refractivity contribution in [1.82, 2.24) is 15.1 Å². The van der Waals surface area contributed by atoms with Gasteiger partial charge in [-0.3, -0.25) is 0 Å². The first kappa shape index (κ1) is 15.8. The van der Waals surface area contributed by atoms with Crippen molar-refractivity contribution < 1.29 is 0 Å². The highest BCUT2D eigenvalue weighted by atomic mass is 15.2. The zero-order chi connectivity index (χ0) is 14.8. The standard InChI is InChI=1S/C18H35N3/c1-14(2)21-12-16-7-6-8-17(13-21)18(16)19-15(3)11-20-9-4-5-10-20/h14-19H,4-13H2,1-3H3. The second-order valence-electron chi connectivity index (χ2n) is 8.10. The molecule has 0 aromatic heterocycles. The number of hydrogen-bond acceptors (Lipinski definition) is 3. The van der Waals surface area contributed by atoms with Crippen molar-refractivity contribution in [2.24, 2.45) is 11.8 Å². The summed E-state index contributed by atoms with van der Waals surface area (Å²) in [5.41, 5.74) is 0. The van der Waals surface area contributed by atoms with Crippen LogP contribution in [0.5, 0.6) is 0 Å². The molecule has 2 heterocycles. The number of piperidine rings is 1. The van der Waals surface area contributed by atoms with Gasteiger partial charge in [-0.1, -0.05) is 6.42 Å². The predicted molar refractivity (Wildman–Crippen MR) is 89.6 cm³/mol. The van der Waals surface area contributed by atoms with Crippen molar-refractivity contribution in [1.29, 1.82) is 0 Å². The van der Waals surface area contributed by atoms with Gasteiger partial charge in [0, 0.05) is 37.8 Å². The Morgan fingerprint density at radius 3 is 2.14 bits per heavy atom. The van der Waals surface area contributed by atoms with E-state index in [0.29, 0.717) is 6.04 Å². The van der Waals surface area contributed by atoms with E-state index < -0.39 is 0 Å². The van der Waals surface area contributed by atoms with Gasteiger partial charge in [0.05, 0.1) is 0 Å². The lowest BCUT2D eigenvalue weighted by Gasteiger charge is -2.50. The van der Waals surface area contributed by atoms with Gasteiger partial charge < -0.3 is 15.1 Å². The van der Waals surface area contributed by atoms with Crippen LogP contribution in [-0.4, -0.2) is 60.6 Å². The third-order valence-corrected chi connectivity index (χ3v) is 6.04. The quantitative estimate of drug-likeness (QED) is 0.840. The van der Waals surface area contributed by atoms with Gasteiger partial charge in [0.15, 0.2) is 0 Å². The number of hydrogen-bond donors (Lipinski definition) is 1. The van der Waals surface area contributed by atoms with Gasteiger partial charge in [-0.05, 0) is 71.4 Å². The molecule has 3 nitrogen and oxygen atoms in total. The van der Waals surface area contributed by atoms with Crippen molar-refractivity contribution in [3.05, 3.63) is 0 Å². The Morgan fingerprint density at radius 2 is 1.57 bits per heavy atom. The van der Waals surface area contributed by atoms with Gasteiger partial charge in [0.25, 0.3) is 0 Å². The highest BCUT2D eigenvalue weighted by Gasteiger charge is 2.40. The van der Waals surface area contributed by atoms with E-state index in [-0.39, 0.29) is 0 Å².